The smallest absolute Gasteiger partial charge is 0.252 e. The zero-order valence-corrected chi connectivity index (χ0v) is 11.5. The number of methoxy groups -OCH3 is 2. The number of hydrogen-bond donors (Lipinski definition) is 3. The van der Waals surface area contributed by atoms with Crippen molar-refractivity contribution in [2.45, 2.75) is 0 Å². The van der Waals surface area contributed by atoms with Gasteiger partial charge in [-0.1, -0.05) is 0 Å². The third kappa shape index (κ3) is 3.50. The molecule has 0 fully saturated rings. The molecule has 8 nitrogen and oxygen atoms in total. The van der Waals surface area contributed by atoms with E-state index in [0.29, 0.717) is 11.4 Å². The van der Waals surface area contributed by atoms with Crippen LogP contribution in [0.3, 0.4) is 0 Å². The summed E-state index contributed by atoms with van der Waals surface area (Å²) in [5.41, 5.74) is 2.97. The van der Waals surface area contributed by atoms with Gasteiger partial charge < -0.3 is 19.6 Å². The number of ether oxygens (including phenoxy) is 2. The lowest BCUT2D eigenvalue weighted by molar-refractivity contribution is 0.340. The number of nitrogens with one attached hydrogen (secondary N) is 2. The number of H-pyrrole nitrogens is 1. The molecule has 0 saturated carbocycles. The fraction of sp³-hybridized carbons (Fsp3) is 0.154. The first-order valence-electron chi connectivity index (χ1n) is 5.93. The molecule has 0 bridgehead atoms. The highest BCUT2D eigenvalue weighted by molar-refractivity contribution is 5.82. The molecule has 1 heterocycles. The Morgan fingerprint density at radius 1 is 1.29 bits per heavy atom. The summed E-state index contributed by atoms with van der Waals surface area (Å²) >= 11 is 0. The van der Waals surface area contributed by atoms with Crippen molar-refractivity contribution >= 4 is 12.0 Å². The van der Waals surface area contributed by atoms with Crippen molar-refractivity contribution in [3.63, 3.8) is 0 Å². The molecule has 0 saturated heterocycles. The van der Waals surface area contributed by atoms with E-state index in [2.05, 4.69) is 20.5 Å². The fourth-order valence-corrected chi connectivity index (χ4v) is 1.59. The molecular weight excluding hydrogens is 276 g/mol. The topological polar surface area (TPSA) is 109 Å². The number of nitrogens with zero attached hydrogens (tertiary/aromatic N) is 2. The maximum Gasteiger partial charge on any atom is 0.252 e. The molecule has 0 spiro atoms. The first-order valence-corrected chi connectivity index (χ1v) is 5.93. The third-order valence-corrected chi connectivity index (χ3v) is 2.57. The van der Waals surface area contributed by atoms with E-state index in [-0.39, 0.29) is 22.8 Å². The Hall–Kier alpha value is -3.03. The number of phenolic OH excluding ortho intramolecular Hbond substituents is 1. The van der Waals surface area contributed by atoms with Gasteiger partial charge in [0.05, 0.1) is 26.8 Å². The molecule has 1 aromatic heterocycles. The van der Waals surface area contributed by atoms with Gasteiger partial charge in [-0.2, -0.15) is 5.10 Å². The summed E-state index contributed by atoms with van der Waals surface area (Å²) in [4.78, 5) is 17.4. The average molecular weight is 290 g/mol. The summed E-state index contributed by atoms with van der Waals surface area (Å²) in [5, 5.41) is 13.7. The second kappa shape index (κ2) is 6.42. The standard InChI is InChI=1S/C13H14N4O4/c1-20-9-3-8(4-10(21-2)13(9)19)6-16-17-11-5-12(18)15-7-14-11/h3-7,19H,1-2H3,(H2,14,15,17,18). The second-order valence-electron chi connectivity index (χ2n) is 3.94. The molecule has 110 valence electrons. The van der Waals surface area contributed by atoms with Gasteiger partial charge in [0.2, 0.25) is 5.75 Å². The van der Waals surface area contributed by atoms with Crippen LogP contribution in [0, 0.1) is 0 Å². The van der Waals surface area contributed by atoms with Crippen molar-refractivity contribution in [2.75, 3.05) is 19.6 Å². The number of anilines is 1. The molecule has 2 aromatic rings. The van der Waals surface area contributed by atoms with E-state index in [1.807, 2.05) is 0 Å². The zero-order chi connectivity index (χ0) is 15.2. The van der Waals surface area contributed by atoms with Crippen LogP contribution in [0.15, 0.2) is 34.4 Å². The Labute approximate surface area is 120 Å². The van der Waals surface area contributed by atoms with Gasteiger partial charge in [0.25, 0.3) is 5.56 Å². The first-order chi connectivity index (χ1) is 10.1. The summed E-state index contributed by atoms with van der Waals surface area (Å²) in [6.07, 6.45) is 2.75. The van der Waals surface area contributed by atoms with E-state index in [1.165, 1.54) is 32.8 Å². The molecule has 2 rings (SSSR count). The minimum absolute atomic E-state index is 0.0821. The van der Waals surface area contributed by atoms with E-state index >= 15 is 0 Å². The lowest BCUT2D eigenvalue weighted by atomic mass is 10.2. The third-order valence-electron chi connectivity index (χ3n) is 2.57. The SMILES string of the molecule is COc1cc(C=NNc2cc(=O)[nH]cn2)cc(OC)c1O. The molecule has 0 atom stereocenters. The van der Waals surface area contributed by atoms with Crippen molar-refractivity contribution < 1.29 is 14.6 Å². The number of rotatable bonds is 5. The highest BCUT2D eigenvalue weighted by Gasteiger charge is 2.10. The molecule has 0 radical (unpaired) electrons. The number of hydrogen-bond acceptors (Lipinski definition) is 7. The van der Waals surface area contributed by atoms with E-state index in [9.17, 15) is 9.90 Å². The molecule has 8 heteroatoms. The van der Waals surface area contributed by atoms with Crippen molar-refractivity contribution in [2.24, 2.45) is 5.10 Å². The number of phenols is 1. The maximum absolute atomic E-state index is 11.1. The predicted octanol–water partition coefficient (Wildman–Crippen LogP) is 0.939. The summed E-state index contributed by atoms with van der Waals surface area (Å²) in [6.45, 7) is 0. The summed E-state index contributed by atoms with van der Waals surface area (Å²) in [5.74, 6) is 0.768. The maximum atomic E-state index is 11.1. The lowest BCUT2D eigenvalue weighted by Gasteiger charge is -2.09. The Kier molecular flexibility index (Phi) is 4.39. The first kappa shape index (κ1) is 14.4. The monoisotopic (exact) mass is 290 g/mol. The number of aromatic nitrogens is 2. The quantitative estimate of drug-likeness (QED) is 0.558. The summed E-state index contributed by atoms with van der Waals surface area (Å²) in [7, 11) is 2.88. The van der Waals surface area contributed by atoms with E-state index in [0.717, 1.165) is 0 Å². The highest BCUT2D eigenvalue weighted by Crippen LogP contribution is 2.36. The molecular formula is C13H14N4O4. The van der Waals surface area contributed by atoms with Gasteiger partial charge in [0.15, 0.2) is 17.3 Å². The van der Waals surface area contributed by atoms with Crippen LogP contribution < -0.4 is 20.5 Å². The molecule has 0 aliphatic rings. The molecule has 0 amide bonds. The molecule has 21 heavy (non-hydrogen) atoms. The zero-order valence-electron chi connectivity index (χ0n) is 11.5. The molecule has 0 aliphatic heterocycles. The van der Waals surface area contributed by atoms with Gasteiger partial charge >= 0.3 is 0 Å². The van der Waals surface area contributed by atoms with Gasteiger partial charge in [0, 0.05) is 11.6 Å². The lowest BCUT2D eigenvalue weighted by Crippen LogP contribution is -2.06. The van der Waals surface area contributed by atoms with E-state index in [4.69, 9.17) is 9.47 Å². The molecule has 0 unspecified atom stereocenters. The van der Waals surface area contributed by atoms with Gasteiger partial charge in [0.1, 0.15) is 0 Å². The average Bonchev–Trinajstić information content (AvgIpc) is 2.48. The van der Waals surface area contributed by atoms with Crippen molar-refractivity contribution in [3.05, 3.63) is 40.4 Å². The van der Waals surface area contributed by atoms with Gasteiger partial charge in [-0.05, 0) is 12.1 Å². The fourth-order valence-electron chi connectivity index (χ4n) is 1.59. The predicted molar refractivity (Wildman–Crippen MR) is 77.3 cm³/mol. The van der Waals surface area contributed by atoms with E-state index < -0.39 is 0 Å². The number of benzene rings is 1. The Balaban J connectivity index is 2.19. The highest BCUT2D eigenvalue weighted by atomic mass is 16.5. The minimum atomic E-state index is -0.282. The van der Waals surface area contributed by atoms with Crippen LogP contribution in [0.5, 0.6) is 17.2 Å². The van der Waals surface area contributed by atoms with Gasteiger partial charge in [-0.3, -0.25) is 10.2 Å². The van der Waals surface area contributed by atoms with Crippen LogP contribution in [-0.2, 0) is 0 Å². The number of hydrazone groups is 1. The van der Waals surface area contributed by atoms with Crippen LogP contribution in [0.2, 0.25) is 0 Å². The molecule has 3 N–H and O–H groups in total. The van der Waals surface area contributed by atoms with Crippen LogP contribution >= 0.6 is 0 Å². The molecule has 1 aromatic carbocycles. The second-order valence-corrected chi connectivity index (χ2v) is 3.94. The molecule has 0 aliphatic carbocycles. The van der Waals surface area contributed by atoms with Crippen molar-refractivity contribution in [1.29, 1.82) is 0 Å². The van der Waals surface area contributed by atoms with Gasteiger partial charge in [-0.25, -0.2) is 4.98 Å². The summed E-state index contributed by atoms with van der Waals surface area (Å²) < 4.78 is 10.1. The largest absolute Gasteiger partial charge is 0.502 e. The Bertz CT molecular complexity index is 686. The van der Waals surface area contributed by atoms with Crippen LogP contribution in [0.25, 0.3) is 0 Å². The Morgan fingerprint density at radius 2 is 1.95 bits per heavy atom. The Morgan fingerprint density at radius 3 is 2.52 bits per heavy atom. The minimum Gasteiger partial charge on any atom is -0.502 e. The normalized spacial score (nSPS) is 10.6. The van der Waals surface area contributed by atoms with Gasteiger partial charge in [-0.15, -0.1) is 0 Å². The van der Waals surface area contributed by atoms with Crippen LogP contribution in [-0.4, -0.2) is 35.5 Å². The van der Waals surface area contributed by atoms with Crippen LogP contribution in [0.1, 0.15) is 5.56 Å². The van der Waals surface area contributed by atoms with E-state index in [1.54, 1.807) is 12.1 Å². The summed E-state index contributed by atoms with van der Waals surface area (Å²) in [6, 6.07) is 4.46. The number of aromatic amines is 1. The van der Waals surface area contributed by atoms with Crippen molar-refractivity contribution in [3.8, 4) is 17.2 Å². The number of aromatic hydroxyl groups is 1. The van der Waals surface area contributed by atoms with Crippen LogP contribution in [0.4, 0.5) is 5.82 Å². The van der Waals surface area contributed by atoms with Crippen molar-refractivity contribution in [1.82, 2.24) is 9.97 Å².